The molecular weight excluding hydrogens is 195 g/mol. The van der Waals surface area contributed by atoms with E-state index in [1.165, 1.54) is 0 Å². The van der Waals surface area contributed by atoms with E-state index in [9.17, 15) is 4.57 Å². The summed E-state index contributed by atoms with van der Waals surface area (Å²) in [4.78, 5) is 16.6. The molecule has 0 amide bonds. The van der Waals surface area contributed by atoms with Gasteiger partial charge in [-0.15, -0.1) is 0 Å². The second-order valence-corrected chi connectivity index (χ2v) is 3.62. The summed E-state index contributed by atoms with van der Waals surface area (Å²) < 4.78 is 19.3. The van der Waals surface area contributed by atoms with Crippen LogP contribution in [0.15, 0.2) is 24.5 Å². The lowest BCUT2D eigenvalue weighted by molar-refractivity contribution is 0.130. The van der Waals surface area contributed by atoms with Crippen LogP contribution in [0.3, 0.4) is 0 Å². The molecule has 76 valence electrons. The van der Waals surface area contributed by atoms with Crippen molar-refractivity contribution in [3.05, 3.63) is 24.5 Å². The van der Waals surface area contributed by atoms with Crippen LogP contribution < -0.4 is 0 Å². The molecular formula is C7H13O5P. The highest BCUT2D eigenvalue weighted by Crippen LogP contribution is 2.35. The largest absolute Gasteiger partial charge is 0.492 e. The number of rotatable bonds is 6. The molecule has 0 aliphatic carbocycles. The molecule has 0 spiro atoms. The van der Waals surface area contributed by atoms with E-state index >= 15 is 0 Å². The second-order valence-electron chi connectivity index (χ2n) is 2.38. The fourth-order valence-electron chi connectivity index (χ4n) is 0.444. The Balaban J connectivity index is 3.53. The molecule has 0 saturated heterocycles. The minimum Gasteiger partial charge on any atom is -0.492 e. The van der Waals surface area contributed by atoms with E-state index in [0.29, 0.717) is 11.3 Å². The van der Waals surface area contributed by atoms with Crippen molar-refractivity contribution in [2.75, 3.05) is 13.2 Å². The Kier molecular flexibility index (Phi) is 4.95. The summed E-state index contributed by atoms with van der Waals surface area (Å²) in [5.74, 6) is 0.384. The van der Waals surface area contributed by atoms with Crippen LogP contribution in [-0.4, -0.2) is 23.0 Å². The van der Waals surface area contributed by atoms with Gasteiger partial charge in [0.05, 0.1) is 6.61 Å². The van der Waals surface area contributed by atoms with Gasteiger partial charge in [-0.1, -0.05) is 13.2 Å². The number of phosphoric ester groups is 1. The molecule has 0 bridgehead atoms. The third-order valence-corrected chi connectivity index (χ3v) is 1.61. The van der Waals surface area contributed by atoms with Crippen molar-refractivity contribution >= 4 is 7.82 Å². The lowest BCUT2D eigenvalue weighted by Crippen LogP contribution is -2.02. The van der Waals surface area contributed by atoms with Crippen molar-refractivity contribution in [3.63, 3.8) is 0 Å². The van der Waals surface area contributed by atoms with Gasteiger partial charge in [0.2, 0.25) is 0 Å². The Morgan fingerprint density at radius 3 is 2.31 bits per heavy atom. The first-order chi connectivity index (χ1) is 5.83. The van der Waals surface area contributed by atoms with E-state index < -0.39 is 7.82 Å². The van der Waals surface area contributed by atoms with Crippen LogP contribution in [0.1, 0.15) is 6.92 Å². The van der Waals surface area contributed by atoms with Gasteiger partial charge in [-0.05, 0) is 12.5 Å². The highest BCUT2D eigenvalue weighted by molar-refractivity contribution is 7.46. The Morgan fingerprint density at radius 1 is 1.38 bits per heavy atom. The Labute approximate surface area is 76.9 Å². The zero-order chi connectivity index (χ0) is 10.5. The molecule has 6 heteroatoms. The molecule has 0 aromatic heterocycles. The summed E-state index contributed by atoms with van der Waals surface area (Å²) in [7, 11) is -4.38. The molecule has 13 heavy (non-hydrogen) atoms. The third-order valence-electron chi connectivity index (χ3n) is 1.10. The van der Waals surface area contributed by atoms with Gasteiger partial charge in [0, 0.05) is 0 Å². The number of hydrogen-bond acceptors (Lipinski definition) is 3. The van der Waals surface area contributed by atoms with Crippen LogP contribution in [0, 0.1) is 0 Å². The summed E-state index contributed by atoms with van der Waals surface area (Å²) in [6.07, 6.45) is 0. The zero-order valence-corrected chi connectivity index (χ0v) is 8.29. The third kappa shape index (κ3) is 7.74. The predicted octanol–water partition coefficient (Wildman–Crippen LogP) is 1.20. The summed E-state index contributed by atoms with van der Waals surface area (Å²) in [5, 5.41) is 0. The van der Waals surface area contributed by atoms with Gasteiger partial charge in [0.15, 0.2) is 0 Å². The van der Waals surface area contributed by atoms with Gasteiger partial charge in [0.1, 0.15) is 12.4 Å². The fourth-order valence-corrected chi connectivity index (χ4v) is 0.757. The smallest absolute Gasteiger partial charge is 0.469 e. The molecule has 0 aromatic rings. The van der Waals surface area contributed by atoms with Crippen molar-refractivity contribution in [1.82, 2.24) is 0 Å². The molecule has 0 aliphatic heterocycles. The van der Waals surface area contributed by atoms with Gasteiger partial charge in [-0.3, -0.25) is 4.52 Å². The van der Waals surface area contributed by atoms with Gasteiger partial charge in [-0.25, -0.2) is 4.57 Å². The van der Waals surface area contributed by atoms with E-state index in [0.717, 1.165) is 0 Å². The number of allylic oxidation sites excluding steroid dienone is 1. The lowest BCUT2D eigenvalue weighted by Gasteiger charge is -2.09. The van der Waals surface area contributed by atoms with Crippen LogP contribution in [-0.2, 0) is 13.8 Å². The predicted molar refractivity (Wildman–Crippen MR) is 47.9 cm³/mol. The molecule has 0 atom stereocenters. The van der Waals surface area contributed by atoms with Gasteiger partial charge >= 0.3 is 7.82 Å². The van der Waals surface area contributed by atoms with E-state index in [-0.39, 0.29) is 13.2 Å². The Hall–Kier alpha value is -0.610. The molecule has 0 aliphatic rings. The molecule has 0 rings (SSSR count). The van der Waals surface area contributed by atoms with Crippen molar-refractivity contribution in [3.8, 4) is 0 Å². The van der Waals surface area contributed by atoms with Crippen LogP contribution in [0.25, 0.3) is 0 Å². The zero-order valence-electron chi connectivity index (χ0n) is 7.39. The first kappa shape index (κ1) is 12.4. The van der Waals surface area contributed by atoms with Gasteiger partial charge in [0.25, 0.3) is 0 Å². The summed E-state index contributed by atoms with van der Waals surface area (Å²) in [5.41, 5.74) is 0.663. The average Bonchev–Trinajstić information content (AvgIpc) is 1.95. The minimum atomic E-state index is -4.38. The van der Waals surface area contributed by atoms with Crippen molar-refractivity contribution < 1.29 is 23.6 Å². The van der Waals surface area contributed by atoms with Gasteiger partial charge in [-0.2, -0.15) is 0 Å². The molecule has 0 unspecified atom stereocenters. The topological polar surface area (TPSA) is 76.0 Å². The molecule has 0 aromatic carbocycles. The van der Waals surface area contributed by atoms with Crippen molar-refractivity contribution in [2.45, 2.75) is 6.92 Å². The van der Waals surface area contributed by atoms with Crippen LogP contribution in [0.2, 0.25) is 0 Å². The standard InChI is InChI=1S/C7H13O5P/c1-6(2)7(3)11-4-5-12-13(8,9)10/h1,3-5H2,2H3,(H2,8,9,10). The van der Waals surface area contributed by atoms with Crippen molar-refractivity contribution in [2.24, 2.45) is 0 Å². The summed E-state index contributed by atoms with van der Waals surface area (Å²) in [6, 6.07) is 0. The maximum Gasteiger partial charge on any atom is 0.469 e. The maximum atomic E-state index is 10.2. The van der Waals surface area contributed by atoms with Crippen LogP contribution in [0.4, 0.5) is 0 Å². The minimum absolute atomic E-state index is 0.0385. The normalized spacial score (nSPS) is 11.0. The molecule has 2 N–H and O–H groups in total. The first-order valence-electron chi connectivity index (χ1n) is 3.50. The molecule has 0 fully saturated rings. The highest BCUT2D eigenvalue weighted by atomic mass is 31.2. The number of hydrogen-bond donors (Lipinski definition) is 2. The molecule has 5 nitrogen and oxygen atoms in total. The van der Waals surface area contributed by atoms with Crippen LogP contribution in [0.5, 0.6) is 0 Å². The van der Waals surface area contributed by atoms with Gasteiger partial charge < -0.3 is 14.5 Å². The Morgan fingerprint density at radius 2 is 1.92 bits per heavy atom. The number of phosphoric acid groups is 1. The lowest BCUT2D eigenvalue weighted by atomic mass is 10.3. The van der Waals surface area contributed by atoms with E-state index in [1.54, 1.807) is 6.92 Å². The number of ether oxygens (including phenoxy) is 1. The summed E-state index contributed by atoms with van der Waals surface area (Å²) in [6.45, 7) is 8.65. The van der Waals surface area contributed by atoms with E-state index in [2.05, 4.69) is 17.7 Å². The quantitative estimate of drug-likeness (QED) is 0.297. The second kappa shape index (κ2) is 5.19. The molecule has 0 heterocycles. The van der Waals surface area contributed by atoms with Crippen LogP contribution >= 0.6 is 7.82 Å². The molecule has 0 saturated carbocycles. The average molecular weight is 208 g/mol. The van der Waals surface area contributed by atoms with Crippen molar-refractivity contribution in [1.29, 1.82) is 0 Å². The Bertz CT molecular complexity index is 241. The fraction of sp³-hybridized carbons (Fsp3) is 0.429. The highest BCUT2D eigenvalue weighted by Gasteiger charge is 2.12. The maximum absolute atomic E-state index is 10.2. The monoisotopic (exact) mass is 208 g/mol. The van der Waals surface area contributed by atoms with E-state index in [4.69, 9.17) is 14.5 Å². The molecule has 0 radical (unpaired) electrons. The first-order valence-corrected chi connectivity index (χ1v) is 5.03. The van der Waals surface area contributed by atoms with E-state index in [1.807, 2.05) is 0 Å². The SMILES string of the molecule is C=C(C)C(=C)OCCOP(=O)(O)O. The summed E-state index contributed by atoms with van der Waals surface area (Å²) >= 11 is 0.